The Morgan fingerprint density at radius 1 is 1.23 bits per heavy atom. The summed E-state index contributed by atoms with van der Waals surface area (Å²) in [6, 6.07) is 7.99. The number of aromatic nitrogens is 2. The summed E-state index contributed by atoms with van der Waals surface area (Å²) in [5.74, 6) is -1.70. The Morgan fingerprint density at radius 2 is 1.93 bits per heavy atom. The van der Waals surface area contributed by atoms with E-state index in [9.17, 15) is 28.5 Å². The Hall–Kier alpha value is -4.09. The van der Waals surface area contributed by atoms with E-state index in [2.05, 4.69) is 14.9 Å². The van der Waals surface area contributed by atoms with E-state index in [1.807, 2.05) is 0 Å². The average Bonchev–Trinajstić information content (AvgIpc) is 2.72. The smallest absolute Gasteiger partial charge is 0.387 e. The lowest BCUT2D eigenvalue weighted by Crippen LogP contribution is -2.16. The zero-order valence-corrected chi connectivity index (χ0v) is 15.3. The number of H-pyrrole nitrogens is 1. The molecule has 0 amide bonds. The number of nitro groups is 1. The number of aromatic amines is 1. The fraction of sp³-hybridized carbons (Fsp3) is 0.167. The number of esters is 1. The number of carbonyl (C=O) groups is 1. The third-order valence-electron chi connectivity index (χ3n) is 4.03. The Labute approximate surface area is 166 Å². The van der Waals surface area contributed by atoms with E-state index in [0.717, 1.165) is 19.2 Å². The molecule has 3 rings (SSSR count). The van der Waals surface area contributed by atoms with E-state index < -0.39 is 41.1 Å². The van der Waals surface area contributed by atoms with E-state index in [0.29, 0.717) is 0 Å². The van der Waals surface area contributed by atoms with Crippen LogP contribution >= 0.6 is 0 Å². The van der Waals surface area contributed by atoms with Crippen LogP contribution in [0, 0.1) is 10.1 Å². The molecule has 30 heavy (non-hydrogen) atoms. The molecule has 10 nitrogen and oxygen atoms in total. The molecule has 0 aliphatic heterocycles. The Balaban J connectivity index is 1.92. The number of hydrogen-bond acceptors (Lipinski definition) is 8. The molecule has 1 heterocycles. The van der Waals surface area contributed by atoms with Crippen molar-refractivity contribution in [2.75, 3.05) is 7.11 Å². The minimum atomic E-state index is -3.22. The van der Waals surface area contributed by atoms with Crippen LogP contribution in [0.5, 0.6) is 11.5 Å². The summed E-state index contributed by atoms with van der Waals surface area (Å²) in [4.78, 5) is 34.7. The van der Waals surface area contributed by atoms with Gasteiger partial charge in [-0.3, -0.25) is 14.9 Å². The van der Waals surface area contributed by atoms with Crippen LogP contribution in [0.25, 0.3) is 10.8 Å². The van der Waals surface area contributed by atoms with Gasteiger partial charge in [0.2, 0.25) is 0 Å². The first-order valence-electron chi connectivity index (χ1n) is 8.26. The highest BCUT2D eigenvalue weighted by Gasteiger charge is 2.23. The lowest BCUT2D eigenvalue weighted by Gasteiger charge is -2.12. The molecule has 0 saturated carbocycles. The van der Waals surface area contributed by atoms with Gasteiger partial charge in [-0.1, -0.05) is 18.2 Å². The molecular formula is C18H13F2N3O7. The molecule has 0 aliphatic carbocycles. The van der Waals surface area contributed by atoms with Crippen LogP contribution in [0.4, 0.5) is 14.5 Å². The van der Waals surface area contributed by atoms with Gasteiger partial charge in [0.25, 0.3) is 11.2 Å². The summed E-state index contributed by atoms with van der Waals surface area (Å²) in [6.45, 7) is -3.81. The minimum Gasteiger partial charge on any atom is -0.493 e. The molecule has 1 N–H and O–H groups in total. The molecule has 12 heteroatoms. The molecule has 0 saturated heterocycles. The summed E-state index contributed by atoms with van der Waals surface area (Å²) in [5.41, 5.74) is -1.44. The molecule has 156 valence electrons. The number of hydrogen-bond donors (Lipinski definition) is 1. The highest BCUT2D eigenvalue weighted by molar-refractivity contribution is 6.01. The van der Waals surface area contributed by atoms with Gasteiger partial charge in [-0.15, -0.1) is 0 Å². The Morgan fingerprint density at radius 3 is 2.57 bits per heavy atom. The van der Waals surface area contributed by atoms with Gasteiger partial charge >= 0.3 is 12.6 Å². The number of halogens is 2. The molecule has 3 aromatic rings. The predicted octanol–water partition coefficient (Wildman–Crippen LogP) is 2.80. The Bertz CT molecular complexity index is 1180. The van der Waals surface area contributed by atoms with Gasteiger partial charge in [0.1, 0.15) is 6.61 Å². The number of carbonyl (C=O) groups excluding carboxylic acids is 1. The van der Waals surface area contributed by atoms with Gasteiger partial charge in [-0.25, -0.2) is 9.89 Å². The predicted molar refractivity (Wildman–Crippen MR) is 97.8 cm³/mol. The summed E-state index contributed by atoms with van der Waals surface area (Å²) < 4.78 is 39.3. The average molecular weight is 421 g/mol. The van der Waals surface area contributed by atoms with Crippen molar-refractivity contribution in [3.05, 3.63) is 68.1 Å². The highest BCUT2D eigenvalue weighted by Crippen LogP contribution is 2.36. The van der Waals surface area contributed by atoms with Gasteiger partial charge < -0.3 is 14.2 Å². The maximum absolute atomic E-state index is 12.5. The first-order valence-corrected chi connectivity index (χ1v) is 8.26. The van der Waals surface area contributed by atoms with Crippen LogP contribution in [0.15, 0.2) is 41.2 Å². The fourth-order valence-electron chi connectivity index (χ4n) is 2.71. The van der Waals surface area contributed by atoms with Crippen LogP contribution in [0.2, 0.25) is 0 Å². The lowest BCUT2D eigenvalue weighted by atomic mass is 10.1. The van der Waals surface area contributed by atoms with Crippen LogP contribution < -0.4 is 15.0 Å². The van der Waals surface area contributed by atoms with Gasteiger partial charge in [0, 0.05) is 5.39 Å². The van der Waals surface area contributed by atoms with E-state index in [1.54, 1.807) is 12.1 Å². The molecule has 0 aliphatic rings. The van der Waals surface area contributed by atoms with E-state index in [-0.39, 0.29) is 27.8 Å². The highest BCUT2D eigenvalue weighted by atomic mass is 19.3. The maximum Gasteiger partial charge on any atom is 0.387 e. The quantitative estimate of drug-likeness (QED) is 0.350. The van der Waals surface area contributed by atoms with Crippen molar-refractivity contribution in [2.24, 2.45) is 0 Å². The van der Waals surface area contributed by atoms with Crippen molar-refractivity contribution in [3.63, 3.8) is 0 Å². The third-order valence-corrected chi connectivity index (χ3v) is 4.03. The summed E-state index contributed by atoms with van der Waals surface area (Å²) in [7, 11) is 1.16. The van der Waals surface area contributed by atoms with Crippen LogP contribution in [-0.4, -0.2) is 34.8 Å². The van der Waals surface area contributed by atoms with Crippen molar-refractivity contribution in [1.29, 1.82) is 0 Å². The lowest BCUT2D eigenvalue weighted by molar-refractivity contribution is -0.386. The molecule has 2 aromatic carbocycles. The number of nitrogens with zero attached hydrogens (tertiary/aromatic N) is 2. The van der Waals surface area contributed by atoms with E-state index in [1.165, 1.54) is 12.1 Å². The van der Waals surface area contributed by atoms with Crippen LogP contribution in [0.1, 0.15) is 16.1 Å². The molecular weight excluding hydrogens is 408 g/mol. The van der Waals surface area contributed by atoms with Crippen molar-refractivity contribution in [3.8, 4) is 11.5 Å². The second kappa shape index (κ2) is 8.51. The molecule has 0 atom stereocenters. The number of nitro benzene ring substituents is 1. The van der Waals surface area contributed by atoms with Crippen molar-refractivity contribution < 1.29 is 32.7 Å². The fourth-order valence-corrected chi connectivity index (χ4v) is 2.71. The first kappa shape index (κ1) is 20.6. The summed E-state index contributed by atoms with van der Waals surface area (Å²) in [6.07, 6.45) is 0. The largest absolute Gasteiger partial charge is 0.493 e. The van der Waals surface area contributed by atoms with Gasteiger partial charge in [0.15, 0.2) is 17.2 Å². The number of rotatable bonds is 7. The number of fused-ring (bicyclic) bond motifs is 1. The molecule has 0 unspecified atom stereocenters. The third kappa shape index (κ3) is 4.16. The second-order valence-corrected chi connectivity index (χ2v) is 5.79. The standard InChI is InChI=1S/C18H13F2N3O7/c1-28-13-6-9(12(23(26)27)7-14(13)30-18(19)20)8-29-17(25)15-10-4-2-3-5-11(10)16(24)22-21-15/h2-7,18H,8H2,1H3,(H,22,24). The van der Waals surface area contributed by atoms with Gasteiger partial charge in [-0.2, -0.15) is 13.9 Å². The minimum absolute atomic E-state index is 0.124. The zero-order valence-electron chi connectivity index (χ0n) is 15.3. The number of methoxy groups -OCH3 is 1. The summed E-state index contributed by atoms with van der Waals surface area (Å²) in [5, 5.41) is 17.6. The van der Waals surface area contributed by atoms with Crippen molar-refractivity contribution in [1.82, 2.24) is 10.2 Å². The van der Waals surface area contributed by atoms with Crippen LogP contribution in [-0.2, 0) is 11.3 Å². The van der Waals surface area contributed by atoms with Gasteiger partial charge in [0.05, 0.1) is 29.0 Å². The number of alkyl halides is 2. The molecule has 0 spiro atoms. The molecule has 0 radical (unpaired) electrons. The van der Waals surface area contributed by atoms with Crippen LogP contribution in [0.3, 0.4) is 0 Å². The second-order valence-electron chi connectivity index (χ2n) is 5.79. The van der Waals surface area contributed by atoms with Gasteiger partial charge in [-0.05, 0) is 12.1 Å². The number of benzene rings is 2. The number of nitrogens with one attached hydrogen (secondary N) is 1. The maximum atomic E-state index is 12.5. The van der Waals surface area contributed by atoms with Crippen molar-refractivity contribution >= 4 is 22.4 Å². The normalized spacial score (nSPS) is 10.8. The topological polar surface area (TPSA) is 134 Å². The number of ether oxygens (including phenoxy) is 3. The van der Waals surface area contributed by atoms with E-state index >= 15 is 0 Å². The Kier molecular flexibility index (Phi) is 5.85. The molecule has 0 fully saturated rings. The van der Waals surface area contributed by atoms with E-state index in [4.69, 9.17) is 9.47 Å². The first-order chi connectivity index (χ1) is 14.3. The monoisotopic (exact) mass is 421 g/mol. The summed E-state index contributed by atoms with van der Waals surface area (Å²) >= 11 is 0. The molecule has 0 bridgehead atoms. The zero-order chi connectivity index (χ0) is 21.8. The SMILES string of the molecule is COc1cc(COC(=O)c2n[nH]c(=O)c3ccccc23)c([N+](=O)[O-])cc1OC(F)F. The molecule has 1 aromatic heterocycles. The van der Waals surface area contributed by atoms with Crippen molar-refractivity contribution in [2.45, 2.75) is 13.2 Å².